The first-order valence-corrected chi connectivity index (χ1v) is 6.48. The van der Waals surface area contributed by atoms with E-state index in [1.165, 1.54) is 7.11 Å². The van der Waals surface area contributed by atoms with Gasteiger partial charge in [0.15, 0.2) is 0 Å². The quantitative estimate of drug-likeness (QED) is 0.848. The lowest BCUT2D eigenvalue weighted by molar-refractivity contribution is -0.143. The van der Waals surface area contributed by atoms with Crippen LogP contribution in [0.1, 0.15) is 22.7 Å². The van der Waals surface area contributed by atoms with Crippen molar-refractivity contribution in [3.8, 4) is 0 Å². The number of carbonyl (C=O) groups is 1. The SMILES string of the molecule is COC(=O)C(NCc1cnccc1C)c1ccccc1. The Morgan fingerprint density at radius 1 is 1.30 bits per heavy atom. The monoisotopic (exact) mass is 270 g/mol. The minimum absolute atomic E-state index is 0.294. The van der Waals surface area contributed by atoms with Gasteiger partial charge in [-0.3, -0.25) is 10.3 Å². The number of nitrogens with one attached hydrogen (secondary N) is 1. The average molecular weight is 270 g/mol. The molecule has 0 spiro atoms. The normalized spacial score (nSPS) is 11.9. The maximum absolute atomic E-state index is 11.9. The van der Waals surface area contributed by atoms with Crippen molar-refractivity contribution in [2.45, 2.75) is 19.5 Å². The molecule has 1 unspecified atom stereocenters. The summed E-state index contributed by atoms with van der Waals surface area (Å²) >= 11 is 0. The van der Waals surface area contributed by atoms with Crippen molar-refractivity contribution in [3.63, 3.8) is 0 Å². The van der Waals surface area contributed by atoms with Crippen molar-refractivity contribution < 1.29 is 9.53 Å². The molecule has 4 nitrogen and oxygen atoms in total. The lowest BCUT2D eigenvalue weighted by atomic mass is 10.1. The van der Waals surface area contributed by atoms with Crippen molar-refractivity contribution >= 4 is 5.97 Å². The van der Waals surface area contributed by atoms with Gasteiger partial charge in [-0.05, 0) is 29.7 Å². The smallest absolute Gasteiger partial charge is 0.327 e. The van der Waals surface area contributed by atoms with Crippen molar-refractivity contribution in [3.05, 3.63) is 65.5 Å². The highest BCUT2D eigenvalue weighted by Crippen LogP contribution is 2.15. The van der Waals surface area contributed by atoms with E-state index < -0.39 is 6.04 Å². The fraction of sp³-hybridized carbons (Fsp3) is 0.250. The molecule has 2 aromatic rings. The largest absolute Gasteiger partial charge is 0.468 e. The van der Waals surface area contributed by atoms with E-state index in [4.69, 9.17) is 4.74 Å². The summed E-state index contributed by atoms with van der Waals surface area (Å²) in [6.07, 6.45) is 3.56. The van der Waals surface area contributed by atoms with Crippen molar-refractivity contribution in [2.75, 3.05) is 7.11 Å². The topological polar surface area (TPSA) is 51.2 Å². The van der Waals surface area contributed by atoms with Gasteiger partial charge in [0.2, 0.25) is 0 Å². The van der Waals surface area contributed by atoms with Crippen LogP contribution in [0.15, 0.2) is 48.8 Å². The van der Waals surface area contributed by atoms with Gasteiger partial charge in [0.1, 0.15) is 6.04 Å². The summed E-state index contributed by atoms with van der Waals surface area (Å²) in [7, 11) is 1.40. The van der Waals surface area contributed by atoms with E-state index in [0.29, 0.717) is 6.54 Å². The molecule has 0 aliphatic rings. The van der Waals surface area contributed by atoms with Crippen LogP contribution in [0, 0.1) is 6.92 Å². The third-order valence-corrected chi connectivity index (χ3v) is 3.21. The number of nitrogens with zero attached hydrogens (tertiary/aromatic N) is 1. The van der Waals surface area contributed by atoms with Crippen molar-refractivity contribution in [1.29, 1.82) is 0 Å². The van der Waals surface area contributed by atoms with Crippen LogP contribution in [0.5, 0.6) is 0 Å². The van der Waals surface area contributed by atoms with Gasteiger partial charge in [0, 0.05) is 18.9 Å². The first-order chi connectivity index (χ1) is 9.72. The summed E-state index contributed by atoms with van der Waals surface area (Å²) in [6, 6.07) is 11.0. The summed E-state index contributed by atoms with van der Waals surface area (Å²) in [4.78, 5) is 16.0. The molecule has 0 aliphatic carbocycles. The van der Waals surface area contributed by atoms with Gasteiger partial charge in [-0.25, -0.2) is 4.79 Å². The number of methoxy groups -OCH3 is 1. The number of ether oxygens (including phenoxy) is 1. The molecule has 2 rings (SSSR count). The van der Waals surface area contributed by atoms with Gasteiger partial charge in [-0.2, -0.15) is 0 Å². The zero-order valence-electron chi connectivity index (χ0n) is 11.7. The number of hydrogen-bond donors (Lipinski definition) is 1. The third kappa shape index (κ3) is 3.42. The Morgan fingerprint density at radius 3 is 2.70 bits per heavy atom. The number of pyridine rings is 1. The van der Waals surface area contributed by atoms with E-state index in [0.717, 1.165) is 16.7 Å². The lowest BCUT2D eigenvalue weighted by Gasteiger charge is -2.17. The number of esters is 1. The van der Waals surface area contributed by atoms with Crippen LogP contribution in [0.2, 0.25) is 0 Å². The molecular weight excluding hydrogens is 252 g/mol. The van der Waals surface area contributed by atoms with E-state index in [1.54, 1.807) is 6.20 Å². The van der Waals surface area contributed by atoms with Gasteiger partial charge in [0.05, 0.1) is 7.11 Å². The van der Waals surface area contributed by atoms with Crippen LogP contribution in [0.25, 0.3) is 0 Å². The Bertz CT molecular complexity index is 570. The molecule has 4 heteroatoms. The second kappa shape index (κ2) is 6.82. The number of aromatic nitrogens is 1. The molecule has 1 heterocycles. The molecule has 1 aromatic heterocycles. The van der Waals surface area contributed by atoms with E-state index in [2.05, 4.69) is 10.3 Å². The maximum atomic E-state index is 11.9. The highest BCUT2D eigenvalue weighted by atomic mass is 16.5. The zero-order chi connectivity index (χ0) is 14.4. The summed E-state index contributed by atoms with van der Waals surface area (Å²) < 4.78 is 4.87. The molecule has 1 atom stereocenters. The van der Waals surface area contributed by atoms with Gasteiger partial charge in [-0.15, -0.1) is 0 Å². The predicted molar refractivity (Wildman–Crippen MR) is 77.0 cm³/mol. The first-order valence-electron chi connectivity index (χ1n) is 6.48. The van der Waals surface area contributed by atoms with Crippen LogP contribution in [0.3, 0.4) is 0 Å². The highest BCUT2D eigenvalue weighted by molar-refractivity contribution is 5.77. The molecule has 0 bridgehead atoms. The minimum Gasteiger partial charge on any atom is -0.468 e. The molecule has 104 valence electrons. The van der Waals surface area contributed by atoms with Gasteiger partial charge in [-0.1, -0.05) is 30.3 Å². The Kier molecular flexibility index (Phi) is 4.85. The van der Waals surface area contributed by atoms with Crippen LogP contribution in [-0.2, 0) is 16.1 Å². The summed E-state index contributed by atoms with van der Waals surface area (Å²) in [5, 5.41) is 3.23. The lowest BCUT2D eigenvalue weighted by Crippen LogP contribution is -2.29. The van der Waals surface area contributed by atoms with Gasteiger partial charge < -0.3 is 4.74 Å². The first kappa shape index (κ1) is 14.2. The van der Waals surface area contributed by atoms with Crippen LogP contribution in [0.4, 0.5) is 0 Å². The molecule has 0 saturated carbocycles. The Balaban J connectivity index is 2.14. The highest BCUT2D eigenvalue weighted by Gasteiger charge is 2.20. The van der Waals surface area contributed by atoms with Gasteiger partial charge in [0.25, 0.3) is 0 Å². The van der Waals surface area contributed by atoms with E-state index >= 15 is 0 Å². The fourth-order valence-corrected chi connectivity index (χ4v) is 1.99. The molecule has 0 saturated heterocycles. The number of carbonyl (C=O) groups excluding carboxylic acids is 1. The molecule has 1 aromatic carbocycles. The second-order valence-corrected chi connectivity index (χ2v) is 4.55. The summed E-state index contributed by atoms with van der Waals surface area (Å²) in [5.41, 5.74) is 3.10. The number of aryl methyl sites for hydroxylation is 1. The molecule has 0 aliphatic heterocycles. The Labute approximate surface area is 118 Å². The standard InChI is InChI=1S/C16H18N2O2/c1-12-8-9-17-10-14(12)11-18-15(16(19)20-2)13-6-4-3-5-7-13/h3-10,15,18H,11H2,1-2H3. The number of rotatable bonds is 5. The predicted octanol–water partition coefficient (Wildman–Crippen LogP) is 2.39. The Hall–Kier alpha value is -2.20. The number of benzene rings is 1. The molecule has 0 amide bonds. The fourth-order valence-electron chi connectivity index (χ4n) is 1.99. The van der Waals surface area contributed by atoms with E-state index in [-0.39, 0.29) is 5.97 Å². The maximum Gasteiger partial charge on any atom is 0.327 e. The van der Waals surface area contributed by atoms with Crippen molar-refractivity contribution in [1.82, 2.24) is 10.3 Å². The van der Waals surface area contributed by atoms with Crippen LogP contribution < -0.4 is 5.32 Å². The van der Waals surface area contributed by atoms with Gasteiger partial charge >= 0.3 is 5.97 Å². The Morgan fingerprint density at radius 2 is 2.05 bits per heavy atom. The molecule has 1 N–H and O–H groups in total. The molecule has 20 heavy (non-hydrogen) atoms. The molecule has 0 radical (unpaired) electrons. The number of hydrogen-bond acceptors (Lipinski definition) is 4. The summed E-state index contributed by atoms with van der Waals surface area (Å²) in [6.45, 7) is 2.59. The third-order valence-electron chi connectivity index (χ3n) is 3.21. The van der Waals surface area contributed by atoms with Crippen LogP contribution >= 0.6 is 0 Å². The average Bonchev–Trinajstić information content (AvgIpc) is 2.50. The van der Waals surface area contributed by atoms with E-state index in [9.17, 15) is 4.79 Å². The van der Waals surface area contributed by atoms with E-state index in [1.807, 2.05) is 49.5 Å². The zero-order valence-corrected chi connectivity index (χ0v) is 11.7. The molecule has 0 fully saturated rings. The van der Waals surface area contributed by atoms with Crippen molar-refractivity contribution in [2.24, 2.45) is 0 Å². The summed E-state index contributed by atoms with van der Waals surface area (Å²) in [5.74, 6) is -0.294. The molecular formula is C16H18N2O2. The second-order valence-electron chi connectivity index (χ2n) is 4.55. The minimum atomic E-state index is -0.471. The van der Waals surface area contributed by atoms with Crippen LogP contribution in [-0.4, -0.2) is 18.1 Å².